The minimum atomic E-state index is 1.17. The highest BCUT2D eigenvalue weighted by Gasteiger charge is 2.07. The van der Waals surface area contributed by atoms with Gasteiger partial charge in [0.15, 0.2) is 0 Å². The molecular weight excluding hydrogens is 148 g/mol. The topological polar surface area (TPSA) is 15.3 Å². The summed E-state index contributed by atoms with van der Waals surface area (Å²) < 4.78 is 0. The summed E-state index contributed by atoms with van der Waals surface area (Å²) in [5, 5.41) is 3.36. The highest BCUT2D eigenvalue weighted by atomic mass is 15.2. The zero-order chi connectivity index (χ0) is 8.65. The van der Waals surface area contributed by atoms with Gasteiger partial charge < -0.3 is 10.2 Å². The van der Waals surface area contributed by atoms with Crippen LogP contribution in [0, 0.1) is 0 Å². The van der Waals surface area contributed by atoms with Gasteiger partial charge >= 0.3 is 0 Å². The monoisotopic (exact) mass is 168 g/mol. The van der Waals surface area contributed by atoms with Gasteiger partial charge in [0.25, 0.3) is 0 Å². The highest BCUT2D eigenvalue weighted by Crippen LogP contribution is 2.00. The molecule has 0 spiro atoms. The number of allylic oxidation sites excluding steroid dienone is 1. The van der Waals surface area contributed by atoms with Gasteiger partial charge in [0.2, 0.25) is 0 Å². The van der Waals surface area contributed by atoms with E-state index < -0.39 is 0 Å². The van der Waals surface area contributed by atoms with Crippen molar-refractivity contribution in [3.8, 4) is 0 Å². The lowest BCUT2D eigenvalue weighted by Crippen LogP contribution is -2.43. The molecule has 1 heterocycles. The Balaban J connectivity index is 1.94. The van der Waals surface area contributed by atoms with Crippen LogP contribution in [0.15, 0.2) is 12.7 Å². The fourth-order valence-corrected chi connectivity index (χ4v) is 1.56. The Labute approximate surface area is 75.6 Å². The minimum Gasteiger partial charge on any atom is -0.314 e. The largest absolute Gasteiger partial charge is 0.314 e. The third kappa shape index (κ3) is 3.88. The predicted octanol–water partition coefficient (Wildman–Crippen LogP) is 1.25. The maximum absolute atomic E-state index is 3.72. The van der Waals surface area contributed by atoms with Gasteiger partial charge in [0.1, 0.15) is 0 Å². The number of unbranched alkanes of at least 4 members (excludes halogenated alkanes) is 2. The van der Waals surface area contributed by atoms with Crippen LogP contribution in [0.4, 0.5) is 0 Å². The Hall–Kier alpha value is -0.340. The van der Waals surface area contributed by atoms with Gasteiger partial charge in [-0.05, 0) is 25.8 Å². The van der Waals surface area contributed by atoms with Crippen LogP contribution in [0.2, 0.25) is 0 Å². The lowest BCUT2D eigenvalue weighted by atomic mass is 10.2. The molecule has 0 saturated carbocycles. The first-order chi connectivity index (χ1) is 5.93. The Kier molecular flexibility index (Phi) is 5.04. The number of hydrogen-bond donors (Lipinski definition) is 1. The van der Waals surface area contributed by atoms with E-state index in [2.05, 4.69) is 16.8 Å². The molecule has 1 N–H and O–H groups in total. The van der Waals surface area contributed by atoms with E-state index in [1.807, 2.05) is 6.08 Å². The molecule has 1 aliphatic heterocycles. The molecule has 0 aromatic rings. The van der Waals surface area contributed by atoms with E-state index in [1.54, 1.807) is 0 Å². The highest BCUT2D eigenvalue weighted by molar-refractivity contribution is 4.69. The van der Waals surface area contributed by atoms with Crippen LogP contribution in [0.25, 0.3) is 0 Å². The average Bonchev–Trinajstić information content (AvgIpc) is 2.14. The molecule has 1 rings (SSSR count). The molecule has 0 radical (unpaired) electrons. The average molecular weight is 168 g/mol. The van der Waals surface area contributed by atoms with E-state index in [1.165, 1.54) is 52.0 Å². The first-order valence-corrected chi connectivity index (χ1v) is 4.97. The third-order valence-electron chi connectivity index (χ3n) is 2.34. The van der Waals surface area contributed by atoms with Crippen molar-refractivity contribution < 1.29 is 0 Å². The summed E-state index contributed by atoms with van der Waals surface area (Å²) in [6, 6.07) is 0. The fourth-order valence-electron chi connectivity index (χ4n) is 1.56. The van der Waals surface area contributed by atoms with Gasteiger partial charge in [-0.2, -0.15) is 0 Å². The zero-order valence-corrected chi connectivity index (χ0v) is 7.89. The Bertz CT molecular complexity index is 117. The van der Waals surface area contributed by atoms with Crippen molar-refractivity contribution in [3.05, 3.63) is 12.7 Å². The number of nitrogens with zero attached hydrogens (tertiary/aromatic N) is 1. The molecule has 0 atom stereocenters. The Morgan fingerprint density at radius 1 is 1.25 bits per heavy atom. The number of piperazine rings is 1. The summed E-state index contributed by atoms with van der Waals surface area (Å²) in [7, 11) is 0. The lowest BCUT2D eigenvalue weighted by Gasteiger charge is -2.26. The number of nitrogens with one attached hydrogen (secondary N) is 1. The molecule has 0 bridgehead atoms. The fraction of sp³-hybridized carbons (Fsp3) is 0.800. The van der Waals surface area contributed by atoms with Crippen LogP contribution >= 0.6 is 0 Å². The smallest absolute Gasteiger partial charge is 0.0107 e. The Morgan fingerprint density at radius 2 is 2.00 bits per heavy atom. The molecule has 0 unspecified atom stereocenters. The van der Waals surface area contributed by atoms with E-state index in [9.17, 15) is 0 Å². The molecule has 0 aliphatic carbocycles. The molecule has 2 heteroatoms. The summed E-state index contributed by atoms with van der Waals surface area (Å²) in [6.07, 6.45) is 5.81. The van der Waals surface area contributed by atoms with E-state index in [0.29, 0.717) is 0 Å². The van der Waals surface area contributed by atoms with Crippen LogP contribution in [0.1, 0.15) is 19.3 Å². The van der Waals surface area contributed by atoms with Gasteiger partial charge in [-0.3, -0.25) is 0 Å². The maximum Gasteiger partial charge on any atom is 0.0107 e. The van der Waals surface area contributed by atoms with Crippen LogP contribution < -0.4 is 5.32 Å². The normalized spacial score (nSPS) is 19.3. The van der Waals surface area contributed by atoms with Crippen molar-refractivity contribution in [2.45, 2.75) is 19.3 Å². The lowest BCUT2D eigenvalue weighted by molar-refractivity contribution is 0.237. The number of rotatable bonds is 5. The first kappa shape index (κ1) is 9.75. The zero-order valence-electron chi connectivity index (χ0n) is 7.89. The third-order valence-corrected chi connectivity index (χ3v) is 2.34. The summed E-state index contributed by atoms with van der Waals surface area (Å²) in [5.74, 6) is 0. The second-order valence-corrected chi connectivity index (χ2v) is 3.38. The molecule has 70 valence electrons. The molecular formula is C10H20N2. The van der Waals surface area contributed by atoms with E-state index in [-0.39, 0.29) is 0 Å². The molecule has 0 aromatic heterocycles. The second-order valence-electron chi connectivity index (χ2n) is 3.38. The van der Waals surface area contributed by atoms with Gasteiger partial charge in [0, 0.05) is 26.2 Å². The van der Waals surface area contributed by atoms with Crippen molar-refractivity contribution in [1.82, 2.24) is 10.2 Å². The molecule has 0 aromatic carbocycles. The van der Waals surface area contributed by atoms with Crippen molar-refractivity contribution in [2.24, 2.45) is 0 Å². The van der Waals surface area contributed by atoms with Gasteiger partial charge in [-0.25, -0.2) is 0 Å². The van der Waals surface area contributed by atoms with Crippen molar-refractivity contribution >= 4 is 0 Å². The standard InChI is InChI=1S/C10H20N2/c1-2-3-4-5-8-12-9-6-11-7-10-12/h2,11H,1,3-10H2. The quantitative estimate of drug-likeness (QED) is 0.491. The van der Waals surface area contributed by atoms with Crippen molar-refractivity contribution in [1.29, 1.82) is 0 Å². The summed E-state index contributed by atoms with van der Waals surface area (Å²) >= 11 is 0. The first-order valence-electron chi connectivity index (χ1n) is 4.97. The summed E-state index contributed by atoms with van der Waals surface area (Å²) in [5.41, 5.74) is 0. The van der Waals surface area contributed by atoms with E-state index >= 15 is 0 Å². The van der Waals surface area contributed by atoms with Crippen molar-refractivity contribution in [3.63, 3.8) is 0 Å². The SMILES string of the molecule is C=CCCCCN1CCNCC1. The van der Waals surface area contributed by atoms with Gasteiger partial charge in [-0.1, -0.05) is 6.08 Å². The molecule has 1 saturated heterocycles. The van der Waals surface area contributed by atoms with Gasteiger partial charge in [-0.15, -0.1) is 6.58 Å². The molecule has 1 aliphatic rings. The van der Waals surface area contributed by atoms with Crippen LogP contribution in [0.5, 0.6) is 0 Å². The van der Waals surface area contributed by atoms with E-state index in [0.717, 1.165) is 0 Å². The Morgan fingerprint density at radius 3 is 2.67 bits per heavy atom. The van der Waals surface area contributed by atoms with Crippen LogP contribution in [0.3, 0.4) is 0 Å². The molecule has 12 heavy (non-hydrogen) atoms. The molecule has 1 fully saturated rings. The van der Waals surface area contributed by atoms with E-state index in [4.69, 9.17) is 0 Å². The van der Waals surface area contributed by atoms with Crippen molar-refractivity contribution in [2.75, 3.05) is 32.7 Å². The van der Waals surface area contributed by atoms with Crippen LogP contribution in [-0.2, 0) is 0 Å². The summed E-state index contributed by atoms with van der Waals surface area (Å²) in [6.45, 7) is 9.79. The minimum absolute atomic E-state index is 1.17. The molecule has 0 amide bonds. The summed E-state index contributed by atoms with van der Waals surface area (Å²) in [4.78, 5) is 2.54. The second kappa shape index (κ2) is 6.21. The number of hydrogen-bond acceptors (Lipinski definition) is 2. The van der Waals surface area contributed by atoms with Gasteiger partial charge in [0.05, 0.1) is 0 Å². The van der Waals surface area contributed by atoms with Crippen LogP contribution in [-0.4, -0.2) is 37.6 Å². The predicted molar refractivity (Wildman–Crippen MR) is 53.4 cm³/mol. The molecule has 2 nitrogen and oxygen atoms in total. The maximum atomic E-state index is 3.72.